The van der Waals surface area contributed by atoms with Crippen LogP contribution in [0.1, 0.15) is 22.3 Å². The second kappa shape index (κ2) is 8.72. The van der Waals surface area contributed by atoms with Gasteiger partial charge in [-0.2, -0.15) is 0 Å². The fourth-order valence-corrected chi connectivity index (χ4v) is 4.02. The number of hydrogen-bond donors (Lipinski definition) is 0. The first-order valence-electron chi connectivity index (χ1n) is 10.4. The van der Waals surface area contributed by atoms with E-state index < -0.39 is 6.10 Å². The Labute approximate surface area is 185 Å². The summed E-state index contributed by atoms with van der Waals surface area (Å²) >= 11 is 0. The molecule has 1 fully saturated rings. The Morgan fingerprint density at radius 3 is 2.81 bits per heavy atom. The van der Waals surface area contributed by atoms with Gasteiger partial charge in [-0.05, 0) is 23.6 Å². The van der Waals surface area contributed by atoms with Gasteiger partial charge in [0.2, 0.25) is 0 Å². The smallest absolute Gasteiger partial charge is 0.273 e. The Morgan fingerprint density at radius 2 is 1.91 bits per heavy atom. The van der Waals surface area contributed by atoms with E-state index in [1.807, 2.05) is 54.6 Å². The Hall–Kier alpha value is -3.84. The van der Waals surface area contributed by atoms with Crippen molar-refractivity contribution in [2.45, 2.75) is 6.10 Å². The van der Waals surface area contributed by atoms with Crippen LogP contribution >= 0.6 is 0 Å². The summed E-state index contributed by atoms with van der Waals surface area (Å²) < 4.78 is 11.4. The molecule has 7 heteroatoms. The lowest BCUT2D eigenvalue weighted by Gasteiger charge is -2.33. The van der Waals surface area contributed by atoms with Crippen LogP contribution in [0.4, 0.5) is 0 Å². The highest BCUT2D eigenvalue weighted by Crippen LogP contribution is 2.31. The molecule has 2 aromatic carbocycles. The molecule has 1 unspecified atom stereocenters. The third kappa shape index (κ3) is 3.78. The molecular weight excluding hydrogens is 404 g/mol. The lowest BCUT2D eigenvalue weighted by molar-refractivity contribution is -0.0247. The van der Waals surface area contributed by atoms with Gasteiger partial charge in [-0.1, -0.05) is 36.4 Å². The maximum atomic E-state index is 13.4. The molecule has 32 heavy (non-hydrogen) atoms. The molecule has 0 radical (unpaired) electrons. The molecular formula is C25H22N4O3. The zero-order chi connectivity index (χ0) is 21.9. The third-order valence-electron chi connectivity index (χ3n) is 5.60. The Balaban J connectivity index is 1.45. The molecule has 4 aromatic rings. The first kappa shape index (κ1) is 20.1. The van der Waals surface area contributed by atoms with Crippen LogP contribution in [0.5, 0.6) is 5.75 Å². The summed E-state index contributed by atoms with van der Waals surface area (Å²) in [6.07, 6.45) is 4.59. The predicted molar refractivity (Wildman–Crippen MR) is 120 cm³/mol. The zero-order valence-electron chi connectivity index (χ0n) is 17.6. The molecule has 0 bridgehead atoms. The monoisotopic (exact) mass is 426 g/mol. The molecule has 5 rings (SSSR count). The van der Waals surface area contributed by atoms with E-state index in [0.717, 1.165) is 22.1 Å². The summed E-state index contributed by atoms with van der Waals surface area (Å²) in [5.41, 5.74) is 2.75. The van der Waals surface area contributed by atoms with Crippen molar-refractivity contribution >= 4 is 16.7 Å². The van der Waals surface area contributed by atoms with Crippen LogP contribution in [0, 0.1) is 0 Å². The molecule has 160 valence electrons. The van der Waals surface area contributed by atoms with Gasteiger partial charge in [0.1, 0.15) is 17.5 Å². The maximum Gasteiger partial charge on any atom is 0.273 e. The summed E-state index contributed by atoms with van der Waals surface area (Å²) in [5.74, 6) is 0.629. The minimum Gasteiger partial charge on any atom is -0.497 e. The number of carbonyl (C=O) groups is 1. The molecule has 0 N–H and O–H groups in total. The fourth-order valence-electron chi connectivity index (χ4n) is 4.02. The van der Waals surface area contributed by atoms with E-state index in [2.05, 4.69) is 15.0 Å². The van der Waals surface area contributed by atoms with Crippen LogP contribution in [-0.2, 0) is 4.74 Å². The average Bonchev–Trinajstić information content (AvgIpc) is 2.88. The summed E-state index contributed by atoms with van der Waals surface area (Å²) in [6.45, 7) is 1.28. The molecule has 1 aliphatic rings. The quantitative estimate of drug-likeness (QED) is 0.492. The van der Waals surface area contributed by atoms with Crippen LogP contribution in [0.25, 0.3) is 22.0 Å². The van der Waals surface area contributed by atoms with Gasteiger partial charge in [0.25, 0.3) is 5.91 Å². The number of ether oxygens (including phenoxy) is 2. The highest BCUT2D eigenvalue weighted by Gasteiger charge is 2.30. The van der Waals surface area contributed by atoms with Crippen LogP contribution in [0.15, 0.2) is 73.2 Å². The standard InChI is InChI=1S/C25H22N4O3/c1-31-19-7-4-6-18(15-19)22-24(28-12-11-27-22)21-16-29(13-14-32-21)25(30)23-20-8-3-2-5-17(20)9-10-26-23/h2-12,15,21H,13-14,16H2,1H3. The maximum absolute atomic E-state index is 13.4. The Morgan fingerprint density at radius 1 is 1.03 bits per heavy atom. The van der Waals surface area contributed by atoms with Gasteiger partial charge < -0.3 is 14.4 Å². The number of pyridine rings is 1. The number of fused-ring (bicyclic) bond motifs is 1. The zero-order valence-corrected chi connectivity index (χ0v) is 17.6. The lowest BCUT2D eigenvalue weighted by Crippen LogP contribution is -2.43. The van der Waals surface area contributed by atoms with Gasteiger partial charge >= 0.3 is 0 Å². The van der Waals surface area contributed by atoms with Gasteiger partial charge in [-0.25, -0.2) is 0 Å². The third-order valence-corrected chi connectivity index (χ3v) is 5.60. The number of carbonyl (C=O) groups excluding carboxylic acids is 1. The van der Waals surface area contributed by atoms with E-state index in [1.165, 1.54) is 0 Å². The number of nitrogens with zero attached hydrogens (tertiary/aromatic N) is 4. The van der Waals surface area contributed by atoms with E-state index in [4.69, 9.17) is 9.47 Å². The summed E-state index contributed by atoms with van der Waals surface area (Å²) in [4.78, 5) is 28.7. The van der Waals surface area contributed by atoms with Crippen LogP contribution in [-0.4, -0.2) is 52.6 Å². The SMILES string of the molecule is COc1cccc(-c2nccnc2C2CN(C(=O)c3nccc4ccccc34)CCO2)c1. The number of rotatable bonds is 4. The molecule has 0 saturated carbocycles. The number of hydrogen-bond acceptors (Lipinski definition) is 6. The highest BCUT2D eigenvalue weighted by atomic mass is 16.5. The normalized spacial score (nSPS) is 16.2. The first-order valence-corrected chi connectivity index (χ1v) is 10.4. The van der Waals surface area contributed by atoms with Crippen molar-refractivity contribution in [2.75, 3.05) is 26.8 Å². The molecule has 1 atom stereocenters. The van der Waals surface area contributed by atoms with E-state index >= 15 is 0 Å². The predicted octanol–water partition coefficient (Wildman–Crippen LogP) is 3.91. The van der Waals surface area contributed by atoms with Crippen molar-refractivity contribution in [1.82, 2.24) is 19.9 Å². The second-order valence-electron chi connectivity index (χ2n) is 7.51. The van der Waals surface area contributed by atoms with E-state index in [0.29, 0.717) is 36.8 Å². The molecule has 2 aromatic heterocycles. The Kier molecular flexibility index (Phi) is 5.47. The number of benzene rings is 2. The molecule has 0 spiro atoms. The largest absolute Gasteiger partial charge is 0.497 e. The molecule has 7 nitrogen and oxygen atoms in total. The van der Waals surface area contributed by atoms with Crippen LogP contribution in [0.3, 0.4) is 0 Å². The van der Waals surface area contributed by atoms with E-state index in [-0.39, 0.29) is 5.91 Å². The summed E-state index contributed by atoms with van der Waals surface area (Å²) in [7, 11) is 1.63. The van der Waals surface area contributed by atoms with Gasteiger partial charge in [0, 0.05) is 36.1 Å². The minimum absolute atomic E-state index is 0.109. The molecule has 1 amide bonds. The number of methoxy groups -OCH3 is 1. The fraction of sp³-hybridized carbons (Fsp3) is 0.200. The Bertz CT molecular complexity index is 1270. The van der Waals surface area contributed by atoms with Crippen molar-refractivity contribution in [3.05, 3.63) is 84.6 Å². The van der Waals surface area contributed by atoms with Crippen LogP contribution in [0.2, 0.25) is 0 Å². The molecule has 0 aliphatic carbocycles. The van der Waals surface area contributed by atoms with Crippen molar-refractivity contribution in [2.24, 2.45) is 0 Å². The molecule has 1 aliphatic heterocycles. The van der Waals surface area contributed by atoms with Crippen LogP contribution < -0.4 is 4.74 Å². The molecule has 1 saturated heterocycles. The molecule has 3 heterocycles. The van der Waals surface area contributed by atoms with E-state index in [9.17, 15) is 4.79 Å². The highest BCUT2D eigenvalue weighted by molar-refractivity contribution is 6.05. The van der Waals surface area contributed by atoms with Gasteiger partial charge in [-0.15, -0.1) is 0 Å². The van der Waals surface area contributed by atoms with Crippen molar-refractivity contribution in [1.29, 1.82) is 0 Å². The number of morpholine rings is 1. The summed E-state index contributed by atoms with van der Waals surface area (Å²) in [6, 6.07) is 17.4. The first-order chi connectivity index (χ1) is 15.7. The average molecular weight is 426 g/mol. The van der Waals surface area contributed by atoms with Gasteiger partial charge in [-0.3, -0.25) is 19.7 Å². The van der Waals surface area contributed by atoms with Gasteiger partial charge in [0.15, 0.2) is 0 Å². The summed E-state index contributed by atoms with van der Waals surface area (Å²) in [5, 5.41) is 1.84. The van der Waals surface area contributed by atoms with E-state index in [1.54, 1.807) is 30.6 Å². The van der Waals surface area contributed by atoms with Crippen molar-refractivity contribution < 1.29 is 14.3 Å². The lowest BCUT2D eigenvalue weighted by atomic mass is 10.0. The minimum atomic E-state index is -0.391. The van der Waals surface area contributed by atoms with Gasteiger partial charge in [0.05, 0.1) is 31.6 Å². The number of amides is 1. The van der Waals surface area contributed by atoms with Crippen molar-refractivity contribution in [3.8, 4) is 17.0 Å². The topological polar surface area (TPSA) is 77.4 Å². The van der Waals surface area contributed by atoms with Crippen molar-refractivity contribution in [3.63, 3.8) is 0 Å². The second-order valence-corrected chi connectivity index (χ2v) is 7.51. The number of aromatic nitrogens is 3.